The number of rotatable bonds is 7. The van der Waals surface area contributed by atoms with Crippen LogP contribution < -0.4 is 14.5 Å². The van der Waals surface area contributed by atoms with Crippen LogP contribution in [0.4, 0.5) is 22.7 Å². The van der Waals surface area contributed by atoms with Crippen molar-refractivity contribution in [1.29, 1.82) is 0 Å². The summed E-state index contributed by atoms with van der Waals surface area (Å²) in [4.78, 5) is 9.49. The number of hydrogen-bond acceptors (Lipinski definition) is 4. The minimum atomic E-state index is -0.0147. The summed E-state index contributed by atoms with van der Waals surface area (Å²) in [5.41, 5.74) is 13.1. The average molecular weight is 945 g/mol. The molecule has 0 unspecified atom stereocenters. The number of pyridine rings is 1. The largest absolute Gasteiger partial charge is 0.509 e. The van der Waals surface area contributed by atoms with Crippen LogP contribution in [-0.2, 0) is 26.5 Å². The van der Waals surface area contributed by atoms with Gasteiger partial charge in [-0.2, -0.15) is 12.1 Å². The van der Waals surface area contributed by atoms with Gasteiger partial charge in [-0.05, 0) is 70.3 Å². The molecule has 0 saturated heterocycles. The minimum Gasteiger partial charge on any atom is -0.509 e. The number of para-hydroxylation sites is 3. The van der Waals surface area contributed by atoms with Crippen LogP contribution in [0.3, 0.4) is 0 Å². The molecule has 10 rings (SSSR count). The van der Waals surface area contributed by atoms with Crippen LogP contribution in [0.5, 0.6) is 11.5 Å². The van der Waals surface area contributed by atoms with E-state index in [-0.39, 0.29) is 26.5 Å². The van der Waals surface area contributed by atoms with E-state index in [2.05, 4.69) is 200 Å². The van der Waals surface area contributed by atoms with Crippen molar-refractivity contribution in [2.45, 2.75) is 33.1 Å². The van der Waals surface area contributed by atoms with Crippen molar-refractivity contribution in [2.24, 2.45) is 0 Å². The molecule has 0 fully saturated rings. The van der Waals surface area contributed by atoms with E-state index >= 15 is 0 Å². The van der Waals surface area contributed by atoms with E-state index in [9.17, 15) is 0 Å². The van der Waals surface area contributed by atoms with Crippen LogP contribution in [0.2, 0.25) is 0 Å². The standard InChI is InChI=1S/C53H41N4O.Pt/c1-36-30-52(54-34-46(36)38-18-9-6-10-19-38)57-47-23-12-11-22-44(47)45-29-27-42(33-51(45)57)58-41-21-15-20-40(32-41)55-35-56(49-25-14-13-24-48(49)55)50-31-39(53(2,3)4)26-28-43(50)37-16-7-5-8-17-37;/h5-31,34-35H,1-4H3;/q-3;. The van der Waals surface area contributed by atoms with E-state index in [4.69, 9.17) is 9.72 Å². The van der Waals surface area contributed by atoms with Crippen molar-refractivity contribution in [2.75, 3.05) is 9.80 Å². The van der Waals surface area contributed by atoms with Crippen molar-refractivity contribution < 1.29 is 25.8 Å². The number of fused-ring (bicyclic) bond motifs is 4. The molecule has 7 aromatic carbocycles. The summed E-state index contributed by atoms with van der Waals surface area (Å²) in [7, 11) is 0. The molecule has 0 atom stereocenters. The zero-order chi connectivity index (χ0) is 39.4. The Morgan fingerprint density at radius 3 is 1.97 bits per heavy atom. The average Bonchev–Trinajstić information content (AvgIpc) is 3.80. The molecule has 9 aromatic rings. The second-order valence-electron chi connectivity index (χ2n) is 15.9. The molecule has 6 heteroatoms. The molecule has 0 saturated carbocycles. The summed E-state index contributed by atoms with van der Waals surface area (Å²) in [6.07, 6.45) is 1.97. The molecule has 0 amide bonds. The SMILES string of the molecule is Cc1cc(-n2c3[c-]c(Oc4[c-]c(N5[CH-]N(c6cc(C(C)(C)C)ccc6-c6ccccc6)c6ccccc65)ccc4)ccc3c3ccccc32)ncc1-c1ccccc1.[Pt]. The molecule has 1 aliphatic rings. The monoisotopic (exact) mass is 944 g/mol. The quantitative estimate of drug-likeness (QED) is 0.149. The molecule has 5 nitrogen and oxygen atoms in total. The van der Waals surface area contributed by atoms with Gasteiger partial charge in [-0.3, -0.25) is 0 Å². The van der Waals surface area contributed by atoms with E-state index in [1.54, 1.807) is 0 Å². The van der Waals surface area contributed by atoms with Gasteiger partial charge >= 0.3 is 0 Å². The Morgan fingerprint density at radius 2 is 1.24 bits per heavy atom. The second-order valence-corrected chi connectivity index (χ2v) is 15.9. The van der Waals surface area contributed by atoms with Crippen molar-refractivity contribution in [3.8, 4) is 39.6 Å². The van der Waals surface area contributed by atoms with Crippen molar-refractivity contribution in [1.82, 2.24) is 9.55 Å². The maximum atomic E-state index is 6.60. The first-order valence-electron chi connectivity index (χ1n) is 19.7. The Morgan fingerprint density at radius 1 is 0.576 bits per heavy atom. The van der Waals surface area contributed by atoms with Crippen molar-refractivity contribution in [3.05, 3.63) is 200 Å². The number of aryl methyl sites for hydroxylation is 1. The number of anilines is 4. The van der Waals surface area contributed by atoms with Gasteiger partial charge in [0.15, 0.2) is 0 Å². The fourth-order valence-electron chi connectivity index (χ4n) is 8.06. The smallest absolute Gasteiger partial charge is 0.135 e. The van der Waals surface area contributed by atoms with E-state index in [1.165, 1.54) is 16.7 Å². The fraction of sp³-hybridized carbons (Fsp3) is 0.0943. The molecule has 292 valence electrons. The predicted octanol–water partition coefficient (Wildman–Crippen LogP) is 13.9. The maximum Gasteiger partial charge on any atom is 0.135 e. The fourth-order valence-corrected chi connectivity index (χ4v) is 8.06. The van der Waals surface area contributed by atoms with Gasteiger partial charge in [0.25, 0.3) is 0 Å². The number of hydrogen-bond donors (Lipinski definition) is 0. The molecule has 3 heterocycles. The molecule has 0 N–H and O–H groups in total. The summed E-state index contributed by atoms with van der Waals surface area (Å²) in [6, 6.07) is 64.3. The first kappa shape index (κ1) is 38.1. The van der Waals surface area contributed by atoms with Gasteiger partial charge in [-0.25, -0.2) is 4.98 Å². The zero-order valence-electron chi connectivity index (χ0n) is 33.3. The van der Waals surface area contributed by atoms with Gasteiger partial charge in [0.05, 0.1) is 0 Å². The summed E-state index contributed by atoms with van der Waals surface area (Å²) < 4.78 is 8.79. The Balaban J connectivity index is 0.00000449. The Bertz CT molecular complexity index is 2970. The van der Waals surface area contributed by atoms with Crippen molar-refractivity contribution in [3.63, 3.8) is 0 Å². The third-order valence-corrected chi connectivity index (χ3v) is 11.0. The van der Waals surface area contributed by atoms with Gasteiger partial charge in [-0.1, -0.05) is 129 Å². The number of nitrogens with zero attached hydrogens (tertiary/aromatic N) is 4. The van der Waals surface area contributed by atoms with Gasteiger partial charge in [0, 0.05) is 72.5 Å². The number of aromatic nitrogens is 2. The van der Waals surface area contributed by atoms with Gasteiger partial charge in [0.2, 0.25) is 0 Å². The van der Waals surface area contributed by atoms with Gasteiger partial charge in [0.1, 0.15) is 5.82 Å². The molecule has 1 aliphatic heterocycles. The van der Waals surface area contributed by atoms with Crippen LogP contribution in [0.15, 0.2) is 170 Å². The predicted molar refractivity (Wildman–Crippen MR) is 239 cm³/mol. The van der Waals surface area contributed by atoms with E-state index in [0.717, 1.165) is 67.1 Å². The molecule has 59 heavy (non-hydrogen) atoms. The first-order chi connectivity index (χ1) is 28.3. The molecule has 2 aromatic heterocycles. The van der Waals surface area contributed by atoms with E-state index < -0.39 is 0 Å². The molecular formula is C53H41N4OPt-3. The third kappa shape index (κ3) is 7.00. The summed E-state index contributed by atoms with van der Waals surface area (Å²) in [5.74, 6) is 2.03. The third-order valence-electron chi connectivity index (χ3n) is 11.0. The molecular weight excluding hydrogens is 904 g/mol. The van der Waals surface area contributed by atoms with Crippen LogP contribution in [0, 0.1) is 25.7 Å². The summed E-state index contributed by atoms with van der Waals surface area (Å²) in [6.45, 7) is 11.1. The zero-order valence-corrected chi connectivity index (χ0v) is 35.5. The van der Waals surface area contributed by atoms with E-state index in [1.807, 2.05) is 30.5 Å². The van der Waals surface area contributed by atoms with Crippen LogP contribution >= 0.6 is 0 Å². The maximum absolute atomic E-state index is 6.60. The summed E-state index contributed by atoms with van der Waals surface area (Å²) >= 11 is 0. The second kappa shape index (κ2) is 15.4. The molecule has 0 bridgehead atoms. The molecule has 0 spiro atoms. The first-order valence-corrected chi connectivity index (χ1v) is 19.7. The number of ether oxygens (including phenoxy) is 1. The Kier molecular flexibility index (Phi) is 9.95. The Hall–Kier alpha value is -6.42. The van der Waals surface area contributed by atoms with Gasteiger partial charge in [-0.15, -0.1) is 48.1 Å². The molecule has 0 radical (unpaired) electrons. The van der Waals surface area contributed by atoms with Crippen molar-refractivity contribution >= 4 is 44.6 Å². The van der Waals surface area contributed by atoms with Crippen LogP contribution in [0.25, 0.3) is 49.9 Å². The van der Waals surface area contributed by atoms with Gasteiger partial charge < -0.3 is 19.1 Å². The topological polar surface area (TPSA) is 33.5 Å². The number of benzene rings is 7. The van der Waals surface area contributed by atoms with Crippen LogP contribution in [-0.4, -0.2) is 9.55 Å². The Labute approximate surface area is 360 Å². The molecule has 0 aliphatic carbocycles. The van der Waals surface area contributed by atoms with Crippen LogP contribution in [0.1, 0.15) is 31.9 Å². The van der Waals surface area contributed by atoms with E-state index in [0.29, 0.717) is 11.5 Å². The normalized spacial score (nSPS) is 12.5. The minimum absolute atomic E-state index is 0. The summed E-state index contributed by atoms with van der Waals surface area (Å²) in [5, 5.41) is 2.22.